The maximum Gasteiger partial charge on any atom is 0.319 e. The quantitative estimate of drug-likeness (QED) is 0.910. The van der Waals surface area contributed by atoms with Crippen LogP contribution in [-0.4, -0.2) is 25.2 Å². The molecule has 4 nitrogen and oxygen atoms in total. The van der Waals surface area contributed by atoms with E-state index in [-0.39, 0.29) is 12.1 Å². The van der Waals surface area contributed by atoms with Gasteiger partial charge in [0.2, 0.25) is 0 Å². The van der Waals surface area contributed by atoms with E-state index in [0.29, 0.717) is 0 Å². The molecule has 0 aliphatic carbocycles. The van der Waals surface area contributed by atoms with Crippen LogP contribution < -0.4 is 15.5 Å². The molecule has 1 aliphatic rings. The Labute approximate surface area is 131 Å². The molecule has 1 saturated heterocycles. The van der Waals surface area contributed by atoms with E-state index >= 15 is 0 Å². The van der Waals surface area contributed by atoms with Crippen LogP contribution in [0.5, 0.6) is 0 Å². The minimum absolute atomic E-state index is 0.121. The monoisotopic (exact) mass is 295 g/mol. The second-order valence-electron chi connectivity index (χ2n) is 5.56. The second kappa shape index (κ2) is 6.98. The smallest absolute Gasteiger partial charge is 0.319 e. The molecule has 0 bridgehead atoms. The number of urea groups is 1. The summed E-state index contributed by atoms with van der Waals surface area (Å²) in [5, 5.41) is 5.93. The van der Waals surface area contributed by atoms with Crippen LogP contribution in [0.4, 0.5) is 16.2 Å². The van der Waals surface area contributed by atoms with Crippen molar-refractivity contribution in [2.24, 2.45) is 0 Å². The average Bonchev–Trinajstić information content (AvgIpc) is 2.57. The molecule has 0 atom stereocenters. The molecule has 0 unspecified atom stereocenters. The highest BCUT2D eigenvalue weighted by Gasteiger charge is 2.20. The van der Waals surface area contributed by atoms with Gasteiger partial charge in [-0.05, 0) is 37.1 Å². The van der Waals surface area contributed by atoms with Gasteiger partial charge in [-0.1, -0.05) is 36.4 Å². The summed E-state index contributed by atoms with van der Waals surface area (Å²) in [5.41, 5.74) is 2.08. The van der Waals surface area contributed by atoms with Gasteiger partial charge in [-0.2, -0.15) is 0 Å². The predicted octanol–water partition coefficient (Wildman–Crippen LogP) is 3.48. The fourth-order valence-corrected chi connectivity index (χ4v) is 2.79. The normalized spacial score (nSPS) is 15.4. The minimum atomic E-state index is -0.121. The molecule has 4 heteroatoms. The first-order valence-electron chi connectivity index (χ1n) is 7.74. The molecule has 0 spiro atoms. The summed E-state index contributed by atoms with van der Waals surface area (Å²) >= 11 is 0. The molecular formula is C18H21N3O. The van der Waals surface area contributed by atoms with E-state index in [4.69, 9.17) is 0 Å². The Morgan fingerprint density at radius 2 is 1.50 bits per heavy atom. The van der Waals surface area contributed by atoms with Crippen molar-refractivity contribution in [2.75, 3.05) is 23.3 Å². The maximum absolute atomic E-state index is 12.0. The zero-order valence-corrected chi connectivity index (χ0v) is 12.5. The number of benzene rings is 2. The summed E-state index contributed by atoms with van der Waals surface area (Å²) in [5.74, 6) is 0. The summed E-state index contributed by atoms with van der Waals surface area (Å²) in [7, 11) is 0. The first-order valence-corrected chi connectivity index (χ1v) is 7.74. The number of hydrogen-bond donors (Lipinski definition) is 2. The number of carbonyl (C=O) groups is 1. The third-order valence-corrected chi connectivity index (χ3v) is 3.98. The molecule has 2 amide bonds. The van der Waals surface area contributed by atoms with Gasteiger partial charge in [-0.15, -0.1) is 0 Å². The molecule has 0 radical (unpaired) electrons. The van der Waals surface area contributed by atoms with Crippen molar-refractivity contribution in [3.05, 3.63) is 60.7 Å². The van der Waals surface area contributed by atoms with Crippen LogP contribution in [0, 0.1) is 0 Å². The van der Waals surface area contributed by atoms with Gasteiger partial charge in [0.05, 0.1) is 0 Å². The van der Waals surface area contributed by atoms with Gasteiger partial charge in [-0.3, -0.25) is 0 Å². The summed E-state index contributed by atoms with van der Waals surface area (Å²) in [6, 6.07) is 20.1. The van der Waals surface area contributed by atoms with Gasteiger partial charge < -0.3 is 15.5 Å². The van der Waals surface area contributed by atoms with E-state index in [1.54, 1.807) is 0 Å². The topological polar surface area (TPSA) is 44.4 Å². The van der Waals surface area contributed by atoms with Crippen molar-refractivity contribution >= 4 is 17.4 Å². The molecule has 0 saturated carbocycles. The number of carbonyl (C=O) groups excluding carboxylic acids is 1. The summed E-state index contributed by atoms with van der Waals surface area (Å²) < 4.78 is 0. The lowest BCUT2D eigenvalue weighted by atomic mass is 10.0. The van der Waals surface area contributed by atoms with Crippen molar-refractivity contribution in [1.82, 2.24) is 5.32 Å². The molecule has 1 aliphatic heterocycles. The van der Waals surface area contributed by atoms with Crippen LogP contribution >= 0.6 is 0 Å². The van der Waals surface area contributed by atoms with E-state index < -0.39 is 0 Å². The molecule has 1 heterocycles. The maximum atomic E-state index is 12.0. The van der Waals surface area contributed by atoms with Gasteiger partial charge in [0.25, 0.3) is 0 Å². The number of piperidine rings is 1. The van der Waals surface area contributed by atoms with Gasteiger partial charge >= 0.3 is 6.03 Å². The lowest BCUT2D eigenvalue weighted by molar-refractivity contribution is 0.246. The highest BCUT2D eigenvalue weighted by molar-refractivity contribution is 5.89. The van der Waals surface area contributed by atoms with Crippen molar-refractivity contribution in [3.63, 3.8) is 0 Å². The van der Waals surface area contributed by atoms with Gasteiger partial charge in [0.1, 0.15) is 0 Å². The summed E-state index contributed by atoms with van der Waals surface area (Å²) in [6.07, 6.45) is 1.94. The number of nitrogens with zero attached hydrogens (tertiary/aromatic N) is 1. The van der Waals surface area contributed by atoms with Crippen LogP contribution in [0.25, 0.3) is 0 Å². The SMILES string of the molecule is O=C(Nc1ccccc1)NC1CCN(c2ccccc2)CC1. The van der Waals surface area contributed by atoms with E-state index in [9.17, 15) is 4.79 Å². The Morgan fingerprint density at radius 1 is 0.909 bits per heavy atom. The van der Waals surface area contributed by atoms with Crippen molar-refractivity contribution in [2.45, 2.75) is 18.9 Å². The van der Waals surface area contributed by atoms with Crippen LogP contribution in [-0.2, 0) is 0 Å². The first-order chi connectivity index (χ1) is 10.8. The lowest BCUT2D eigenvalue weighted by Crippen LogP contribution is -2.46. The number of rotatable bonds is 3. The Morgan fingerprint density at radius 3 is 2.14 bits per heavy atom. The third-order valence-electron chi connectivity index (χ3n) is 3.98. The number of nitrogens with one attached hydrogen (secondary N) is 2. The molecule has 2 aromatic rings. The van der Waals surface area contributed by atoms with Crippen LogP contribution in [0.1, 0.15) is 12.8 Å². The number of hydrogen-bond acceptors (Lipinski definition) is 2. The van der Waals surface area contributed by atoms with Crippen LogP contribution in [0.2, 0.25) is 0 Å². The Balaban J connectivity index is 1.47. The number of anilines is 2. The zero-order chi connectivity index (χ0) is 15.2. The molecule has 2 N–H and O–H groups in total. The van der Waals surface area contributed by atoms with Crippen molar-refractivity contribution in [3.8, 4) is 0 Å². The Hall–Kier alpha value is -2.49. The molecule has 1 fully saturated rings. The molecule has 22 heavy (non-hydrogen) atoms. The minimum Gasteiger partial charge on any atom is -0.371 e. The Kier molecular flexibility index (Phi) is 4.59. The standard InChI is InChI=1S/C18H21N3O/c22-18(19-15-7-3-1-4-8-15)20-16-11-13-21(14-12-16)17-9-5-2-6-10-17/h1-10,16H,11-14H2,(H2,19,20,22). The highest BCUT2D eigenvalue weighted by atomic mass is 16.2. The second-order valence-corrected chi connectivity index (χ2v) is 5.56. The summed E-state index contributed by atoms with van der Waals surface area (Å²) in [4.78, 5) is 14.4. The zero-order valence-electron chi connectivity index (χ0n) is 12.5. The fourth-order valence-electron chi connectivity index (χ4n) is 2.79. The average molecular weight is 295 g/mol. The largest absolute Gasteiger partial charge is 0.371 e. The molecule has 0 aromatic heterocycles. The molecule has 3 rings (SSSR count). The van der Waals surface area contributed by atoms with E-state index in [1.807, 2.05) is 36.4 Å². The van der Waals surface area contributed by atoms with Gasteiger partial charge in [0, 0.05) is 30.5 Å². The van der Waals surface area contributed by atoms with E-state index in [1.165, 1.54) is 5.69 Å². The fraction of sp³-hybridized carbons (Fsp3) is 0.278. The Bertz CT molecular complexity index is 592. The first kappa shape index (κ1) is 14.4. The van der Waals surface area contributed by atoms with E-state index in [0.717, 1.165) is 31.6 Å². The molecule has 114 valence electrons. The van der Waals surface area contributed by atoms with E-state index in [2.05, 4.69) is 39.8 Å². The molecular weight excluding hydrogens is 274 g/mol. The van der Waals surface area contributed by atoms with Crippen molar-refractivity contribution < 1.29 is 4.79 Å². The highest BCUT2D eigenvalue weighted by Crippen LogP contribution is 2.19. The lowest BCUT2D eigenvalue weighted by Gasteiger charge is -2.33. The summed E-state index contributed by atoms with van der Waals surface area (Å²) in [6.45, 7) is 1.95. The van der Waals surface area contributed by atoms with Gasteiger partial charge in [-0.25, -0.2) is 4.79 Å². The number of amides is 2. The van der Waals surface area contributed by atoms with Crippen molar-refractivity contribution in [1.29, 1.82) is 0 Å². The third kappa shape index (κ3) is 3.79. The molecule has 2 aromatic carbocycles. The number of para-hydroxylation sites is 2. The van der Waals surface area contributed by atoms with Crippen LogP contribution in [0.15, 0.2) is 60.7 Å². The van der Waals surface area contributed by atoms with Gasteiger partial charge in [0.15, 0.2) is 0 Å². The predicted molar refractivity (Wildman–Crippen MR) is 90.3 cm³/mol. The van der Waals surface area contributed by atoms with Crippen LogP contribution in [0.3, 0.4) is 0 Å².